The predicted molar refractivity (Wildman–Crippen MR) is 106 cm³/mol. The molecule has 1 aliphatic rings. The minimum Gasteiger partial charge on any atom is -0.475 e. The second-order valence-corrected chi connectivity index (χ2v) is 7.25. The summed E-state index contributed by atoms with van der Waals surface area (Å²) in [5.41, 5.74) is 2.77. The number of fused-ring (bicyclic) bond motifs is 1. The molecule has 0 saturated carbocycles. The van der Waals surface area contributed by atoms with Gasteiger partial charge < -0.3 is 9.64 Å². The number of nitrogens with zero attached hydrogens (tertiary/aromatic N) is 6. The third kappa shape index (κ3) is 2.96. The molecule has 0 spiro atoms. The lowest BCUT2D eigenvalue weighted by atomic mass is 10.1. The summed E-state index contributed by atoms with van der Waals surface area (Å²) >= 11 is 0. The number of aromatic nitrogens is 6. The molecule has 5 rings (SSSR count). The Morgan fingerprint density at radius 1 is 1.18 bits per heavy atom. The fraction of sp³-hybridized carbons (Fsp3) is 0.300. The fourth-order valence-corrected chi connectivity index (χ4v) is 3.47. The summed E-state index contributed by atoms with van der Waals surface area (Å²) in [7, 11) is 0. The van der Waals surface area contributed by atoms with Crippen molar-refractivity contribution in [3.8, 4) is 17.1 Å². The Bertz CT molecular complexity index is 1100. The van der Waals surface area contributed by atoms with Crippen LogP contribution in [0.15, 0.2) is 49.1 Å². The van der Waals surface area contributed by atoms with E-state index in [1.54, 1.807) is 6.20 Å². The molecule has 1 N–H and O–H groups in total. The highest BCUT2D eigenvalue weighted by atomic mass is 16.5. The molecule has 1 aliphatic heterocycles. The molecule has 0 amide bonds. The molecule has 1 saturated heterocycles. The number of pyridine rings is 2. The van der Waals surface area contributed by atoms with E-state index in [2.05, 4.69) is 36.2 Å². The number of hydrogen-bond donors (Lipinski definition) is 1. The second kappa shape index (κ2) is 6.63. The number of ether oxygens (including phenoxy) is 1. The summed E-state index contributed by atoms with van der Waals surface area (Å²) in [5, 5.41) is 12.9. The van der Waals surface area contributed by atoms with Crippen LogP contribution in [0.25, 0.3) is 22.2 Å². The molecule has 8 nitrogen and oxygen atoms in total. The number of aromatic amines is 1. The van der Waals surface area contributed by atoms with E-state index in [1.807, 2.05) is 55.3 Å². The lowest BCUT2D eigenvalue weighted by Crippen LogP contribution is -2.48. The zero-order chi connectivity index (χ0) is 19.1. The highest BCUT2D eigenvalue weighted by molar-refractivity contribution is 5.93. The SMILES string of the molecule is CC(C)Oc1cc2c(-c3ccnc(N4CC(n5cccn5)C4)c3)n[nH]c2cn1. The first-order valence-corrected chi connectivity index (χ1v) is 9.38. The fourth-order valence-electron chi connectivity index (χ4n) is 3.47. The number of anilines is 1. The maximum Gasteiger partial charge on any atom is 0.214 e. The average molecular weight is 375 g/mol. The van der Waals surface area contributed by atoms with Gasteiger partial charge in [0.2, 0.25) is 5.88 Å². The lowest BCUT2D eigenvalue weighted by molar-refractivity contribution is 0.233. The molecule has 28 heavy (non-hydrogen) atoms. The largest absolute Gasteiger partial charge is 0.475 e. The van der Waals surface area contributed by atoms with E-state index in [-0.39, 0.29) is 6.10 Å². The van der Waals surface area contributed by atoms with Gasteiger partial charge in [0.1, 0.15) is 11.5 Å². The van der Waals surface area contributed by atoms with Gasteiger partial charge in [-0.05, 0) is 32.0 Å². The molecule has 4 aromatic heterocycles. The summed E-state index contributed by atoms with van der Waals surface area (Å²) in [5.74, 6) is 1.55. The van der Waals surface area contributed by atoms with E-state index in [1.165, 1.54) is 0 Å². The molecule has 0 radical (unpaired) electrons. The molecule has 0 aliphatic carbocycles. The Morgan fingerprint density at radius 2 is 2.07 bits per heavy atom. The summed E-state index contributed by atoms with van der Waals surface area (Å²) in [6, 6.07) is 8.35. The zero-order valence-electron chi connectivity index (χ0n) is 15.8. The standard InChI is InChI=1S/C20H21N7O/c1-13(2)28-19-9-16-17(10-22-19)24-25-20(16)14-4-6-21-18(8-14)26-11-15(12-26)27-7-3-5-23-27/h3-10,13,15H,11-12H2,1-2H3,(H,24,25). The predicted octanol–water partition coefficient (Wildman–Crippen LogP) is 3.06. The first-order chi connectivity index (χ1) is 13.7. The molecule has 0 atom stereocenters. The van der Waals surface area contributed by atoms with Crippen LogP contribution in [0, 0.1) is 0 Å². The Hall–Kier alpha value is -3.42. The van der Waals surface area contributed by atoms with Gasteiger partial charge >= 0.3 is 0 Å². The molecular formula is C20H21N7O. The smallest absolute Gasteiger partial charge is 0.214 e. The van der Waals surface area contributed by atoms with Crippen LogP contribution in [0.5, 0.6) is 5.88 Å². The molecule has 4 aromatic rings. The quantitative estimate of drug-likeness (QED) is 0.577. The van der Waals surface area contributed by atoms with Crippen molar-refractivity contribution in [1.29, 1.82) is 0 Å². The third-order valence-electron chi connectivity index (χ3n) is 4.88. The van der Waals surface area contributed by atoms with Crippen LogP contribution < -0.4 is 9.64 Å². The second-order valence-electron chi connectivity index (χ2n) is 7.25. The van der Waals surface area contributed by atoms with Gasteiger partial charge in [-0.25, -0.2) is 9.97 Å². The Morgan fingerprint density at radius 3 is 2.86 bits per heavy atom. The van der Waals surface area contributed by atoms with Crippen LogP contribution in [-0.4, -0.2) is 49.1 Å². The monoisotopic (exact) mass is 375 g/mol. The summed E-state index contributed by atoms with van der Waals surface area (Å²) < 4.78 is 7.74. The minimum atomic E-state index is 0.0713. The molecule has 0 unspecified atom stereocenters. The van der Waals surface area contributed by atoms with Crippen molar-refractivity contribution in [3.63, 3.8) is 0 Å². The van der Waals surface area contributed by atoms with Crippen molar-refractivity contribution in [2.24, 2.45) is 0 Å². The minimum absolute atomic E-state index is 0.0713. The number of H-pyrrole nitrogens is 1. The van der Waals surface area contributed by atoms with E-state index in [9.17, 15) is 0 Å². The number of nitrogens with one attached hydrogen (secondary N) is 1. The van der Waals surface area contributed by atoms with Gasteiger partial charge in [-0.2, -0.15) is 10.2 Å². The maximum atomic E-state index is 5.74. The summed E-state index contributed by atoms with van der Waals surface area (Å²) in [4.78, 5) is 11.1. The highest BCUT2D eigenvalue weighted by Gasteiger charge is 2.29. The molecule has 1 fully saturated rings. The molecule has 142 valence electrons. The van der Waals surface area contributed by atoms with Gasteiger partial charge in [-0.15, -0.1) is 0 Å². The third-order valence-corrected chi connectivity index (χ3v) is 4.88. The molecule has 8 heteroatoms. The van der Waals surface area contributed by atoms with Gasteiger partial charge in [0.25, 0.3) is 0 Å². The summed E-state index contributed by atoms with van der Waals surface area (Å²) in [6.07, 6.45) is 7.49. The van der Waals surface area contributed by atoms with E-state index < -0.39 is 0 Å². The van der Waals surface area contributed by atoms with Gasteiger partial charge in [0.15, 0.2) is 0 Å². The van der Waals surface area contributed by atoms with E-state index in [0.29, 0.717) is 11.9 Å². The van der Waals surface area contributed by atoms with Gasteiger partial charge in [0, 0.05) is 48.7 Å². The zero-order valence-corrected chi connectivity index (χ0v) is 15.8. The van der Waals surface area contributed by atoms with Crippen LogP contribution in [0.1, 0.15) is 19.9 Å². The van der Waals surface area contributed by atoms with Crippen molar-refractivity contribution < 1.29 is 4.74 Å². The van der Waals surface area contributed by atoms with Gasteiger partial charge in [0.05, 0.1) is 23.9 Å². The van der Waals surface area contributed by atoms with Crippen LogP contribution in [0.4, 0.5) is 5.82 Å². The van der Waals surface area contributed by atoms with Crippen molar-refractivity contribution in [3.05, 3.63) is 49.1 Å². The number of hydrogen-bond acceptors (Lipinski definition) is 6. The van der Waals surface area contributed by atoms with Crippen LogP contribution in [0.2, 0.25) is 0 Å². The van der Waals surface area contributed by atoms with Gasteiger partial charge in [-0.1, -0.05) is 0 Å². The molecule has 5 heterocycles. The lowest BCUT2D eigenvalue weighted by Gasteiger charge is -2.40. The average Bonchev–Trinajstić information content (AvgIpc) is 3.30. The molecular weight excluding hydrogens is 354 g/mol. The Labute approximate surface area is 162 Å². The number of rotatable bonds is 5. The van der Waals surface area contributed by atoms with E-state index in [4.69, 9.17) is 4.74 Å². The van der Waals surface area contributed by atoms with Crippen molar-refractivity contribution in [1.82, 2.24) is 29.9 Å². The van der Waals surface area contributed by atoms with Crippen molar-refractivity contribution >= 4 is 16.7 Å². The molecule has 0 aromatic carbocycles. The van der Waals surface area contributed by atoms with Crippen LogP contribution in [0.3, 0.4) is 0 Å². The van der Waals surface area contributed by atoms with Gasteiger partial charge in [-0.3, -0.25) is 9.78 Å². The topological polar surface area (TPSA) is 84.8 Å². The maximum absolute atomic E-state index is 5.74. The Balaban J connectivity index is 1.42. The Kier molecular flexibility index (Phi) is 3.96. The molecule has 0 bridgehead atoms. The van der Waals surface area contributed by atoms with Crippen LogP contribution >= 0.6 is 0 Å². The first-order valence-electron chi connectivity index (χ1n) is 9.38. The van der Waals surface area contributed by atoms with E-state index >= 15 is 0 Å². The first kappa shape index (κ1) is 16.7. The normalized spacial score (nSPS) is 14.6. The van der Waals surface area contributed by atoms with Crippen molar-refractivity contribution in [2.75, 3.05) is 18.0 Å². The van der Waals surface area contributed by atoms with E-state index in [0.717, 1.165) is 41.1 Å². The van der Waals surface area contributed by atoms with Crippen molar-refractivity contribution in [2.45, 2.75) is 26.0 Å². The van der Waals surface area contributed by atoms with Crippen LogP contribution in [-0.2, 0) is 0 Å². The highest BCUT2D eigenvalue weighted by Crippen LogP contribution is 2.32. The summed E-state index contributed by atoms with van der Waals surface area (Å²) in [6.45, 7) is 5.77.